The Labute approximate surface area is 123 Å². The Hall–Kier alpha value is -2.34. The molecule has 0 aliphatic carbocycles. The van der Waals surface area contributed by atoms with Crippen LogP contribution in [0.3, 0.4) is 0 Å². The van der Waals surface area contributed by atoms with Crippen molar-refractivity contribution >= 4 is 11.8 Å². The highest BCUT2D eigenvalue weighted by Crippen LogP contribution is 2.25. The highest BCUT2D eigenvalue weighted by molar-refractivity contribution is 5.44. The molecule has 1 aliphatic heterocycles. The SMILES string of the molecule is NNc1nccc(N2CCC[C@@H]2COc2ccccc2)n1. The molecule has 1 saturated heterocycles. The smallest absolute Gasteiger partial charge is 0.239 e. The highest BCUT2D eigenvalue weighted by atomic mass is 16.5. The van der Waals surface area contributed by atoms with Crippen molar-refractivity contribution in [3.05, 3.63) is 42.6 Å². The minimum atomic E-state index is 0.325. The van der Waals surface area contributed by atoms with E-state index in [0.29, 0.717) is 18.6 Å². The molecule has 0 bridgehead atoms. The number of benzene rings is 1. The third-order valence-corrected chi connectivity index (χ3v) is 3.63. The highest BCUT2D eigenvalue weighted by Gasteiger charge is 2.26. The summed E-state index contributed by atoms with van der Waals surface area (Å²) < 4.78 is 5.87. The van der Waals surface area contributed by atoms with Crippen LogP contribution >= 0.6 is 0 Å². The number of aromatic nitrogens is 2. The maximum absolute atomic E-state index is 5.87. The third kappa shape index (κ3) is 3.22. The first-order valence-corrected chi connectivity index (χ1v) is 7.11. The van der Waals surface area contributed by atoms with E-state index in [4.69, 9.17) is 10.6 Å². The maximum Gasteiger partial charge on any atom is 0.239 e. The zero-order valence-corrected chi connectivity index (χ0v) is 11.8. The summed E-state index contributed by atoms with van der Waals surface area (Å²) in [6, 6.07) is 12.1. The van der Waals surface area contributed by atoms with Gasteiger partial charge >= 0.3 is 0 Å². The molecule has 1 atom stereocenters. The first-order chi connectivity index (χ1) is 10.4. The van der Waals surface area contributed by atoms with Crippen LogP contribution < -0.4 is 20.9 Å². The van der Waals surface area contributed by atoms with Crippen LogP contribution in [0, 0.1) is 0 Å². The van der Waals surface area contributed by atoms with E-state index in [1.165, 1.54) is 0 Å². The van der Waals surface area contributed by atoms with Gasteiger partial charge in [0.05, 0.1) is 6.04 Å². The largest absolute Gasteiger partial charge is 0.491 e. The number of nitrogens with one attached hydrogen (secondary N) is 1. The Balaban J connectivity index is 1.67. The van der Waals surface area contributed by atoms with E-state index in [9.17, 15) is 0 Å². The Morgan fingerprint density at radius 1 is 1.29 bits per heavy atom. The standard InChI is InChI=1S/C15H19N5O/c16-19-15-17-9-8-14(18-15)20-10-4-5-12(20)11-21-13-6-2-1-3-7-13/h1-3,6-9,12H,4-5,10-11,16H2,(H,17,18,19)/t12-/m1/s1. The van der Waals surface area contributed by atoms with Crippen molar-refractivity contribution in [1.82, 2.24) is 9.97 Å². The predicted octanol–water partition coefficient (Wildman–Crippen LogP) is 1.81. The number of nitrogens with zero attached hydrogens (tertiary/aromatic N) is 3. The van der Waals surface area contributed by atoms with Crippen molar-refractivity contribution < 1.29 is 4.74 Å². The van der Waals surface area contributed by atoms with Crippen LogP contribution in [0.4, 0.5) is 11.8 Å². The van der Waals surface area contributed by atoms with Crippen molar-refractivity contribution in [3.63, 3.8) is 0 Å². The Morgan fingerprint density at radius 3 is 2.95 bits per heavy atom. The Kier molecular flexibility index (Phi) is 4.16. The molecule has 6 heteroatoms. The van der Waals surface area contributed by atoms with E-state index >= 15 is 0 Å². The lowest BCUT2D eigenvalue weighted by Gasteiger charge is -2.25. The lowest BCUT2D eigenvalue weighted by atomic mass is 10.2. The maximum atomic E-state index is 5.87. The molecule has 1 aliphatic rings. The zero-order chi connectivity index (χ0) is 14.5. The zero-order valence-electron chi connectivity index (χ0n) is 11.8. The molecule has 0 saturated carbocycles. The molecule has 6 nitrogen and oxygen atoms in total. The molecular weight excluding hydrogens is 266 g/mol. The average Bonchev–Trinajstić information content (AvgIpc) is 3.02. The van der Waals surface area contributed by atoms with Gasteiger partial charge in [-0.1, -0.05) is 18.2 Å². The number of nitrogens with two attached hydrogens (primary N) is 1. The van der Waals surface area contributed by atoms with Crippen molar-refractivity contribution in [2.75, 3.05) is 23.5 Å². The fourth-order valence-corrected chi connectivity index (χ4v) is 2.60. The number of nitrogen functional groups attached to an aromatic ring is 1. The van der Waals surface area contributed by atoms with Gasteiger partial charge in [-0.2, -0.15) is 4.98 Å². The van der Waals surface area contributed by atoms with Gasteiger partial charge in [0, 0.05) is 12.7 Å². The van der Waals surface area contributed by atoms with Gasteiger partial charge in [-0.25, -0.2) is 10.8 Å². The lowest BCUT2D eigenvalue weighted by Crippen LogP contribution is -2.35. The Morgan fingerprint density at radius 2 is 2.14 bits per heavy atom. The number of rotatable bonds is 5. The predicted molar refractivity (Wildman–Crippen MR) is 82.1 cm³/mol. The van der Waals surface area contributed by atoms with Gasteiger partial charge < -0.3 is 9.64 Å². The summed E-state index contributed by atoms with van der Waals surface area (Å²) >= 11 is 0. The van der Waals surface area contributed by atoms with E-state index in [2.05, 4.69) is 20.3 Å². The summed E-state index contributed by atoms with van der Waals surface area (Å²) in [7, 11) is 0. The molecule has 0 amide bonds. The molecular formula is C15H19N5O. The number of anilines is 2. The summed E-state index contributed by atoms with van der Waals surface area (Å²) in [4.78, 5) is 10.7. The van der Waals surface area contributed by atoms with E-state index in [1.54, 1.807) is 6.20 Å². The monoisotopic (exact) mass is 285 g/mol. The van der Waals surface area contributed by atoms with E-state index in [1.807, 2.05) is 36.4 Å². The average molecular weight is 285 g/mol. The molecule has 21 heavy (non-hydrogen) atoms. The fourth-order valence-electron chi connectivity index (χ4n) is 2.60. The molecule has 3 N–H and O–H groups in total. The molecule has 1 aromatic carbocycles. The topological polar surface area (TPSA) is 76.3 Å². The van der Waals surface area contributed by atoms with E-state index in [-0.39, 0.29) is 0 Å². The fraction of sp³-hybridized carbons (Fsp3) is 0.333. The van der Waals surface area contributed by atoms with Gasteiger partial charge in [-0.3, -0.25) is 5.43 Å². The second kappa shape index (κ2) is 6.41. The molecule has 1 fully saturated rings. The summed E-state index contributed by atoms with van der Waals surface area (Å²) in [5.41, 5.74) is 2.48. The quantitative estimate of drug-likeness (QED) is 0.644. The van der Waals surface area contributed by atoms with E-state index in [0.717, 1.165) is 31.0 Å². The van der Waals surface area contributed by atoms with Gasteiger partial charge in [0.1, 0.15) is 18.2 Å². The molecule has 0 radical (unpaired) electrons. The molecule has 0 spiro atoms. The molecule has 110 valence electrons. The second-order valence-electron chi connectivity index (χ2n) is 5.00. The normalized spacial score (nSPS) is 17.8. The van der Waals surface area contributed by atoms with Gasteiger partial charge in [-0.15, -0.1) is 0 Å². The van der Waals surface area contributed by atoms with Crippen molar-refractivity contribution in [1.29, 1.82) is 0 Å². The summed E-state index contributed by atoms with van der Waals surface area (Å²) in [5.74, 6) is 7.59. The molecule has 2 heterocycles. The van der Waals surface area contributed by atoms with Crippen LogP contribution in [-0.2, 0) is 0 Å². The van der Waals surface area contributed by atoms with Gasteiger partial charge in [0.25, 0.3) is 0 Å². The van der Waals surface area contributed by atoms with E-state index < -0.39 is 0 Å². The van der Waals surface area contributed by atoms with Crippen LogP contribution in [0.1, 0.15) is 12.8 Å². The molecule has 0 unspecified atom stereocenters. The minimum absolute atomic E-state index is 0.325. The van der Waals surface area contributed by atoms with Crippen LogP contribution in [-0.4, -0.2) is 29.2 Å². The summed E-state index contributed by atoms with van der Waals surface area (Å²) in [5, 5.41) is 0. The molecule has 2 aromatic rings. The lowest BCUT2D eigenvalue weighted by molar-refractivity contribution is 0.288. The first-order valence-electron chi connectivity index (χ1n) is 7.11. The molecule has 3 rings (SSSR count). The van der Waals surface area contributed by atoms with Gasteiger partial charge in [-0.05, 0) is 31.0 Å². The Bertz CT molecular complexity index is 577. The second-order valence-corrected chi connectivity index (χ2v) is 5.00. The van der Waals surface area contributed by atoms with Crippen LogP contribution in [0.25, 0.3) is 0 Å². The first kappa shape index (κ1) is 13.6. The van der Waals surface area contributed by atoms with Crippen molar-refractivity contribution in [3.8, 4) is 5.75 Å². The number of para-hydroxylation sites is 1. The number of hydrogen-bond acceptors (Lipinski definition) is 6. The summed E-state index contributed by atoms with van der Waals surface area (Å²) in [6.07, 6.45) is 3.95. The van der Waals surface area contributed by atoms with Gasteiger partial charge in [0.2, 0.25) is 5.95 Å². The number of hydrogen-bond donors (Lipinski definition) is 2. The minimum Gasteiger partial charge on any atom is -0.491 e. The van der Waals surface area contributed by atoms with Crippen molar-refractivity contribution in [2.24, 2.45) is 5.84 Å². The summed E-state index contributed by atoms with van der Waals surface area (Å²) in [6.45, 7) is 1.63. The number of ether oxygens (including phenoxy) is 1. The van der Waals surface area contributed by atoms with Crippen molar-refractivity contribution in [2.45, 2.75) is 18.9 Å². The van der Waals surface area contributed by atoms with Gasteiger partial charge in [0.15, 0.2) is 0 Å². The third-order valence-electron chi connectivity index (χ3n) is 3.63. The van der Waals surface area contributed by atoms with Crippen LogP contribution in [0.5, 0.6) is 5.75 Å². The number of hydrazine groups is 1. The molecule has 1 aromatic heterocycles. The van der Waals surface area contributed by atoms with Crippen LogP contribution in [0.2, 0.25) is 0 Å². The van der Waals surface area contributed by atoms with Crippen LogP contribution in [0.15, 0.2) is 42.6 Å².